The highest BCUT2D eigenvalue weighted by molar-refractivity contribution is 6.39. The minimum atomic E-state index is -1.06. The summed E-state index contributed by atoms with van der Waals surface area (Å²) < 4.78 is 7.26. The van der Waals surface area contributed by atoms with Crippen molar-refractivity contribution in [3.63, 3.8) is 0 Å². The summed E-state index contributed by atoms with van der Waals surface area (Å²) in [5.41, 5.74) is 8.07. The summed E-state index contributed by atoms with van der Waals surface area (Å²) in [6.07, 6.45) is 5.08. The fraction of sp³-hybridized carbons (Fsp3) is 0.192. The van der Waals surface area contributed by atoms with Crippen LogP contribution in [0.5, 0.6) is 0 Å². The number of benzene rings is 2. The normalized spacial score (nSPS) is 15.9. The van der Waals surface area contributed by atoms with Crippen molar-refractivity contribution in [2.45, 2.75) is 6.42 Å². The zero-order chi connectivity index (χ0) is 25.4. The third-order valence-corrected chi connectivity index (χ3v) is 7.01. The van der Waals surface area contributed by atoms with Gasteiger partial charge in [0, 0.05) is 36.3 Å². The number of fused-ring (bicyclic) bond motifs is 1. The van der Waals surface area contributed by atoms with E-state index in [-0.39, 0.29) is 23.1 Å². The summed E-state index contributed by atoms with van der Waals surface area (Å²) in [5.74, 6) is -0.811. The van der Waals surface area contributed by atoms with E-state index in [2.05, 4.69) is 5.16 Å². The Balaban J connectivity index is 1.67. The molecule has 5 rings (SSSR count). The van der Waals surface area contributed by atoms with Crippen LogP contribution in [0.2, 0.25) is 10.0 Å². The average Bonchev–Trinajstić information content (AvgIpc) is 3.60. The maximum Gasteiger partial charge on any atom is 0.328 e. The highest BCUT2D eigenvalue weighted by atomic mass is 35.5. The average molecular weight is 525 g/mol. The summed E-state index contributed by atoms with van der Waals surface area (Å²) in [4.78, 5) is 27.1. The van der Waals surface area contributed by atoms with E-state index < -0.39 is 5.97 Å². The number of nitrogens with two attached hydrogens (primary N) is 1. The molecule has 1 atom stereocenters. The smallest absolute Gasteiger partial charge is 0.328 e. The van der Waals surface area contributed by atoms with Crippen molar-refractivity contribution in [1.82, 2.24) is 9.72 Å². The zero-order valence-electron chi connectivity index (χ0n) is 19.0. The van der Waals surface area contributed by atoms with Crippen LogP contribution in [0.1, 0.15) is 22.3 Å². The van der Waals surface area contributed by atoms with Gasteiger partial charge in [-0.1, -0.05) is 46.6 Å². The van der Waals surface area contributed by atoms with E-state index in [1.807, 2.05) is 4.90 Å². The van der Waals surface area contributed by atoms with E-state index in [1.165, 1.54) is 10.6 Å². The van der Waals surface area contributed by atoms with Crippen LogP contribution in [-0.2, 0) is 4.79 Å². The van der Waals surface area contributed by atoms with Gasteiger partial charge in [0.1, 0.15) is 11.3 Å². The third-order valence-electron chi connectivity index (χ3n) is 6.38. The van der Waals surface area contributed by atoms with Gasteiger partial charge in [-0.3, -0.25) is 9.36 Å². The SMILES string of the molecule is NC[C@@H]1CCN(c2onc(-c3c(Cl)cccc3Cl)c2C(=O)n2ccc3c(/C=C/C(=O)O)cccc32)C1. The van der Waals surface area contributed by atoms with Gasteiger partial charge in [0.25, 0.3) is 5.91 Å². The number of halogens is 2. The Kier molecular flexibility index (Phi) is 6.57. The number of carboxylic acid groups (broad SMARTS) is 1. The molecule has 3 heterocycles. The summed E-state index contributed by atoms with van der Waals surface area (Å²) in [7, 11) is 0. The maximum atomic E-state index is 14.1. The molecule has 0 spiro atoms. The van der Waals surface area contributed by atoms with Gasteiger partial charge < -0.3 is 20.3 Å². The predicted molar refractivity (Wildman–Crippen MR) is 140 cm³/mol. The monoisotopic (exact) mass is 524 g/mol. The van der Waals surface area contributed by atoms with Crippen LogP contribution >= 0.6 is 23.2 Å². The molecule has 10 heteroatoms. The summed E-state index contributed by atoms with van der Waals surface area (Å²) in [6, 6.07) is 12.2. The van der Waals surface area contributed by atoms with Gasteiger partial charge in [0.2, 0.25) is 5.88 Å². The van der Waals surface area contributed by atoms with Crippen molar-refractivity contribution >= 4 is 57.9 Å². The van der Waals surface area contributed by atoms with Gasteiger partial charge >= 0.3 is 5.97 Å². The lowest BCUT2D eigenvalue weighted by molar-refractivity contribution is -0.131. The van der Waals surface area contributed by atoms with Crippen LogP contribution < -0.4 is 10.6 Å². The van der Waals surface area contributed by atoms with Crippen LogP contribution in [0.3, 0.4) is 0 Å². The van der Waals surface area contributed by atoms with Gasteiger partial charge in [0.15, 0.2) is 0 Å². The molecule has 36 heavy (non-hydrogen) atoms. The van der Waals surface area contributed by atoms with Crippen molar-refractivity contribution in [1.29, 1.82) is 0 Å². The molecule has 1 aliphatic rings. The molecule has 4 aromatic rings. The van der Waals surface area contributed by atoms with Crippen LogP contribution in [0.25, 0.3) is 28.2 Å². The molecule has 0 saturated carbocycles. The molecular weight excluding hydrogens is 503 g/mol. The number of aliphatic carboxylic acids is 1. The molecule has 8 nitrogen and oxygen atoms in total. The fourth-order valence-corrected chi connectivity index (χ4v) is 5.17. The minimum absolute atomic E-state index is 0.242. The van der Waals surface area contributed by atoms with E-state index in [0.717, 1.165) is 17.9 Å². The standard InChI is InChI=1S/C26H22Cl2N4O4/c27-18-4-2-5-19(28)22(18)24-23(26(36-30-24)31-11-9-15(13-29)14-31)25(35)32-12-10-17-16(7-8-21(33)34)3-1-6-20(17)32/h1-8,10,12,15H,9,11,13-14,29H2,(H,33,34)/b8-7+/t15-/m0/s1. The van der Waals surface area contributed by atoms with Crippen LogP contribution in [-0.4, -0.2) is 46.3 Å². The molecule has 184 valence electrons. The second kappa shape index (κ2) is 9.81. The molecule has 0 radical (unpaired) electrons. The second-order valence-corrected chi connectivity index (χ2v) is 9.40. The minimum Gasteiger partial charge on any atom is -0.478 e. The van der Waals surface area contributed by atoms with Crippen molar-refractivity contribution in [3.05, 3.63) is 75.9 Å². The number of nitrogens with zero attached hydrogens (tertiary/aromatic N) is 3. The van der Waals surface area contributed by atoms with E-state index >= 15 is 0 Å². The first-order chi connectivity index (χ1) is 17.4. The third kappa shape index (κ3) is 4.28. The van der Waals surface area contributed by atoms with Gasteiger partial charge in [-0.2, -0.15) is 0 Å². The number of rotatable bonds is 6. The Morgan fingerprint density at radius 2 is 1.92 bits per heavy atom. The van der Waals surface area contributed by atoms with E-state index in [0.29, 0.717) is 52.2 Å². The maximum absolute atomic E-state index is 14.1. The first-order valence-electron chi connectivity index (χ1n) is 11.3. The summed E-state index contributed by atoms with van der Waals surface area (Å²) in [5, 5.41) is 14.7. The molecule has 0 amide bonds. The van der Waals surface area contributed by atoms with Crippen LogP contribution in [0, 0.1) is 5.92 Å². The van der Waals surface area contributed by atoms with E-state index in [1.54, 1.807) is 48.7 Å². The Hall–Kier alpha value is -3.59. The lowest BCUT2D eigenvalue weighted by atomic mass is 10.1. The number of hydrogen-bond acceptors (Lipinski definition) is 6. The predicted octanol–water partition coefficient (Wildman–Crippen LogP) is 5.17. The second-order valence-electron chi connectivity index (χ2n) is 8.59. The summed E-state index contributed by atoms with van der Waals surface area (Å²) in [6.45, 7) is 1.84. The number of carbonyl (C=O) groups excluding carboxylic acids is 1. The topological polar surface area (TPSA) is 115 Å². The first-order valence-corrected chi connectivity index (χ1v) is 12.1. The zero-order valence-corrected chi connectivity index (χ0v) is 20.5. The summed E-state index contributed by atoms with van der Waals surface area (Å²) >= 11 is 13.0. The molecule has 2 aromatic carbocycles. The molecule has 1 aliphatic heterocycles. The Bertz CT molecular complexity index is 1490. The highest BCUT2D eigenvalue weighted by Gasteiger charge is 2.34. The first kappa shape index (κ1) is 24.1. The van der Waals surface area contributed by atoms with Crippen LogP contribution in [0.15, 0.2) is 59.3 Å². The number of hydrogen-bond donors (Lipinski definition) is 2. The number of aromatic nitrogens is 2. The van der Waals surface area contributed by atoms with Gasteiger partial charge in [0.05, 0.1) is 15.6 Å². The van der Waals surface area contributed by atoms with Gasteiger partial charge in [-0.25, -0.2) is 4.79 Å². The lowest BCUT2D eigenvalue weighted by Crippen LogP contribution is -2.24. The van der Waals surface area contributed by atoms with Gasteiger partial charge in [-0.15, -0.1) is 0 Å². The van der Waals surface area contributed by atoms with Crippen molar-refractivity contribution < 1.29 is 19.2 Å². The highest BCUT2D eigenvalue weighted by Crippen LogP contribution is 2.41. The number of carboxylic acids is 1. The van der Waals surface area contributed by atoms with Crippen molar-refractivity contribution in [2.24, 2.45) is 11.7 Å². The number of carbonyl (C=O) groups is 2. The molecule has 0 bridgehead atoms. The lowest BCUT2D eigenvalue weighted by Gasteiger charge is -2.16. The Labute approximate surface area is 216 Å². The molecule has 0 aliphatic carbocycles. The van der Waals surface area contributed by atoms with Gasteiger partial charge in [-0.05, 0) is 54.8 Å². The molecule has 2 aromatic heterocycles. The molecular formula is C26H22Cl2N4O4. The Morgan fingerprint density at radius 3 is 2.61 bits per heavy atom. The van der Waals surface area contributed by atoms with Crippen molar-refractivity contribution in [2.75, 3.05) is 24.5 Å². The van der Waals surface area contributed by atoms with Crippen molar-refractivity contribution in [3.8, 4) is 11.3 Å². The number of anilines is 1. The Morgan fingerprint density at radius 1 is 1.17 bits per heavy atom. The quantitative estimate of drug-likeness (QED) is 0.334. The molecule has 1 saturated heterocycles. The fourth-order valence-electron chi connectivity index (χ4n) is 4.59. The molecule has 0 unspecified atom stereocenters. The van der Waals surface area contributed by atoms with Crippen LogP contribution in [0.4, 0.5) is 5.88 Å². The molecule has 1 fully saturated rings. The van der Waals surface area contributed by atoms with E-state index in [9.17, 15) is 9.59 Å². The molecule has 3 N–H and O–H groups in total. The largest absolute Gasteiger partial charge is 0.478 e. The van der Waals surface area contributed by atoms with E-state index in [4.69, 9.17) is 38.6 Å².